The molecule has 5 nitrogen and oxygen atoms in total. The summed E-state index contributed by atoms with van der Waals surface area (Å²) in [7, 11) is 1.77. The monoisotopic (exact) mass is 241 g/mol. The number of rotatable bonds is 4. The summed E-state index contributed by atoms with van der Waals surface area (Å²) in [5, 5.41) is 11.7. The maximum atomic E-state index is 8.63. The number of ether oxygens (including phenoxy) is 1. The summed E-state index contributed by atoms with van der Waals surface area (Å²) in [5.41, 5.74) is 6.01. The van der Waals surface area contributed by atoms with Crippen LogP contribution in [0.4, 0.5) is 0 Å². The minimum absolute atomic E-state index is 0.302. The molecule has 17 heavy (non-hydrogen) atoms. The van der Waals surface area contributed by atoms with Gasteiger partial charge in [-0.25, -0.2) is 0 Å². The van der Waals surface area contributed by atoms with E-state index < -0.39 is 0 Å². The molecular weight excluding hydrogens is 218 g/mol. The molecule has 1 aliphatic carbocycles. The number of likely N-dealkylation sites (tertiary alicyclic amines) is 1. The Kier molecular flexibility index (Phi) is 3.89. The number of amidine groups is 1. The normalized spacial score (nSPS) is 29.2. The average Bonchev–Trinajstić information content (AvgIpc) is 2.89. The molecule has 0 amide bonds. The summed E-state index contributed by atoms with van der Waals surface area (Å²) in [6.45, 7) is 3.46. The zero-order chi connectivity index (χ0) is 12.3. The third-order valence-corrected chi connectivity index (χ3v) is 4.36. The van der Waals surface area contributed by atoms with Gasteiger partial charge in [0.1, 0.15) is 0 Å². The molecule has 1 heterocycles. The number of hydrogen-bond donors (Lipinski definition) is 2. The van der Waals surface area contributed by atoms with Gasteiger partial charge < -0.3 is 15.7 Å². The second-order valence-corrected chi connectivity index (χ2v) is 5.48. The van der Waals surface area contributed by atoms with Crippen molar-refractivity contribution in [3.8, 4) is 0 Å². The molecule has 2 rings (SSSR count). The van der Waals surface area contributed by atoms with Gasteiger partial charge >= 0.3 is 0 Å². The molecule has 98 valence electrons. The summed E-state index contributed by atoms with van der Waals surface area (Å²) >= 11 is 0. The van der Waals surface area contributed by atoms with Crippen LogP contribution >= 0.6 is 0 Å². The van der Waals surface area contributed by atoms with Crippen molar-refractivity contribution in [2.24, 2.45) is 22.2 Å². The van der Waals surface area contributed by atoms with E-state index in [1.54, 1.807) is 7.11 Å². The number of oxime groups is 1. The molecule has 0 aromatic rings. The van der Waals surface area contributed by atoms with E-state index in [9.17, 15) is 0 Å². The van der Waals surface area contributed by atoms with E-state index in [0.29, 0.717) is 23.7 Å². The van der Waals surface area contributed by atoms with Crippen LogP contribution in [0.25, 0.3) is 0 Å². The molecule has 0 unspecified atom stereocenters. The lowest BCUT2D eigenvalue weighted by molar-refractivity contribution is 0.0968. The Hall–Kier alpha value is -0.810. The van der Waals surface area contributed by atoms with Crippen molar-refractivity contribution in [3.63, 3.8) is 0 Å². The first-order chi connectivity index (χ1) is 8.20. The van der Waals surface area contributed by atoms with Crippen LogP contribution < -0.4 is 5.73 Å². The molecule has 0 radical (unpaired) electrons. The highest BCUT2D eigenvalue weighted by atomic mass is 16.5. The SMILES string of the molecule is COC[C@H]1CN(CC(N)=NO)CC12CCCC2. The van der Waals surface area contributed by atoms with Gasteiger partial charge in [-0.2, -0.15) is 0 Å². The van der Waals surface area contributed by atoms with Crippen LogP contribution in [0.3, 0.4) is 0 Å². The van der Waals surface area contributed by atoms with Gasteiger partial charge in [-0.05, 0) is 18.3 Å². The minimum atomic E-state index is 0.302. The minimum Gasteiger partial charge on any atom is -0.409 e. The van der Waals surface area contributed by atoms with E-state index in [4.69, 9.17) is 15.7 Å². The van der Waals surface area contributed by atoms with Gasteiger partial charge in [0.15, 0.2) is 5.84 Å². The smallest absolute Gasteiger partial charge is 0.153 e. The molecule has 2 fully saturated rings. The van der Waals surface area contributed by atoms with Gasteiger partial charge in [0.2, 0.25) is 0 Å². The van der Waals surface area contributed by atoms with Crippen molar-refractivity contribution in [1.29, 1.82) is 0 Å². The molecular formula is C12H23N3O2. The van der Waals surface area contributed by atoms with E-state index in [-0.39, 0.29) is 0 Å². The summed E-state index contributed by atoms with van der Waals surface area (Å²) in [6, 6.07) is 0. The van der Waals surface area contributed by atoms with E-state index in [2.05, 4.69) is 10.1 Å². The van der Waals surface area contributed by atoms with Crippen LogP contribution in [0, 0.1) is 11.3 Å². The Morgan fingerprint density at radius 1 is 1.53 bits per heavy atom. The maximum absolute atomic E-state index is 8.63. The number of hydrogen-bond acceptors (Lipinski definition) is 4. The second-order valence-electron chi connectivity index (χ2n) is 5.48. The predicted octanol–water partition coefficient (Wildman–Crippen LogP) is 0.871. The van der Waals surface area contributed by atoms with Crippen molar-refractivity contribution in [2.75, 3.05) is 33.4 Å². The first-order valence-electron chi connectivity index (χ1n) is 6.38. The molecule has 1 saturated carbocycles. The van der Waals surface area contributed by atoms with Crippen molar-refractivity contribution < 1.29 is 9.94 Å². The fraction of sp³-hybridized carbons (Fsp3) is 0.917. The Balaban J connectivity index is 2.01. The predicted molar refractivity (Wildman–Crippen MR) is 66.1 cm³/mol. The van der Waals surface area contributed by atoms with Gasteiger partial charge in [0.25, 0.3) is 0 Å². The number of nitrogens with zero attached hydrogens (tertiary/aromatic N) is 2. The van der Waals surface area contributed by atoms with Gasteiger partial charge in [-0.3, -0.25) is 4.90 Å². The Bertz CT molecular complexity index is 287. The Morgan fingerprint density at radius 3 is 2.82 bits per heavy atom. The number of nitrogens with two attached hydrogens (primary N) is 1. The van der Waals surface area contributed by atoms with Gasteiger partial charge in [-0.1, -0.05) is 18.0 Å². The molecule has 0 aromatic carbocycles. The van der Waals surface area contributed by atoms with E-state index in [1.165, 1.54) is 25.7 Å². The van der Waals surface area contributed by atoms with Gasteiger partial charge in [0, 0.05) is 26.1 Å². The summed E-state index contributed by atoms with van der Waals surface area (Å²) in [5.74, 6) is 0.901. The van der Waals surface area contributed by atoms with Crippen LogP contribution in [-0.4, -0.2) is 49.3 Å². The molecule has 5 heteroatoms. The van der Waals surface area contributed by atoms with Crippen LogP contribution in [0.5, 0.6) is 0 Å². The standard InChI is InChI=1S/C12H23N3O2/c1-17-8-10-6-15(7-11(13)14-16)9-12(10)4-2-3-5-12/h10,16H,2-9H2,1H3,(H2,13,14)/t10-/m1/s1. The van der Waals surface area contributed by atoms with Crippen LogP contribution in [0.15, 0.2) is 5.16 Å². The molecule has 0 bridgehead atoms. The van der Waals surface area contributed by atoms with Crippen LogP contribution in [-0.2, 0) is 4.74 Å². The van der Waals surface area contributed by atoms with Crippen molar-refractivity contribution >= 4 is 5.84 Å². The molecule has 0 aromatic heterocycles. The summed E-state index contributed by atoms with van der Waals surface area (Å²) < 4.78 is 5.35. The Labute approximate surface area is 103 Å². The third-order valence-electron chi connectivity index (χ3n) is 4.36. The lowest BCUT2D eigenvalue weighted by Gasteiger charge is -2.29. The van der Waals surface area contributed by atoms with Crippen LogP contribution in [0.1, 0.15) is 25.7 Å². The fourth-order valence-electron chi connectivity index (χ4n) is 3.60. The topological polar surface area (TPSA) is 71.1 Å². The summed E-state index contributed by atoms with van der Waals surface area (Å²) in [6.07, 6.45) is 5.26. The molecule has 3 N–H and O–H groups in total. The highest BCUT2D eigenvalue weighted by Crippen LogP contribution is 2.48. The van der Waals surface area contributed by atoms with Gasteiger partial charge in [-0.15, -0.1) is 0 Å². The average molecular weight is 241 g/mol. The molecule has 1 atom stereocenters. The van der Waals surface area contributed by atoms with Crippen LogP contribution in [0.2, 0.25) is 0 Å². The first-order valence-corrected chi connectivity index (χ1v) is 6.38. The summed E-state index contributed by atoms with van der Waals surface area (Å²) in [4.78, 5) is 2.30. The lowest BCUT2D eigenvalue weighted by Crippen LogP contribution is -2.33. The molecule has 1 aliphatic heterocycles. The van der Waals surface area contributed by atoms with Crippen molar-refractivity contribution in [2.45, 2.75) is 25.7 Å². The zero-order valence-corrected chi connectivity index (χ0v) is 10.6. The van der Waals surface area contributed by atoms with Crippen molar-refractivity contribution in [1.82, 2.24) is 4.90 Å². The third kappa shape index (κ3) is 2.55. The lowest BCUT2D eigenvalue weighted by atomic mass is 9.77. The largest absolute Gasteiger partial charge is 0.409 e. The van der Waals surface area contributed by atoms with Crippen molar-refractivity contribution in [3.05, 3.63) is 0 Å². The number of methoxy groups -OCH3 is 1. The maximum Gasteiger partial charge on any atom is 0.153 e. The second kappa shape index (κ2) is 5.23. The van der Waals surface area contributed by atoms with E-state index >= 15 is 0 Å². The van der Waals surface area contributed by atoms with E-state index in [0.717, 1.165) is 19.7 Å². The molecule has 1 spiro atoms. The first kappa shape index (κ1) is 12.6. The zero-order valence-electron chi connectivity index (χ0n) is 10.6. The van der Waals surface area contributed by atoms with Gasteiger partial charge in [0.05, 0.1) is 13.2 Å². The molecule has 2 aliphatic rings. The fourth-order valence-corrected chi connectivity index (χ4v) is 3.60. The quantitative estimate of drug-likeness (QED) is 0.331. The highest BCUT2D eigenvalue weighted by Gasteiger charge is 2.47. The van der Waals surface area contributed by atoms with E-state index in [1.807, 2.05) is 0 Å². The molecule has 1 saturated heterocycles. The Morgan fingerprint density at radius 2 is 2.24 bits per heavy atom. The highest BCUT2D eigenvalue weighted by molar-refractivity contribution is 5.81.